The van der Waals surface area contributed by atoms with Gasteiger partial charge in [-0.3, -0.25) is 0 Å². The Morgan fingerprint density at radius 1 is 1.10 bits per heavy atom. The van der Waals surface area contributed by atoms with Gasteiger partial charge in [0.1, 0.15) is 12.4 Å². The Hall–Kier alpha value is -1.19. The second kappa shape index (κ2) is 6.51. The number of fused-ring (bicyclic) bond motifs is 1. The van der Waals surface area contributed by atoms with Gasteiger partial charge in [0.15, 0.2) is 0 Å². The van der Waals surface area contributed by atoms with Gasteiger partial charge in [0.05, 0.1) is 6.61 Å². The number of rotatable bonds is 5. The third-order valence-corrected chi connectivity index (χ3v) is 5.16. The standard InChI is InChI=1S/C17H20O2S/c1-18-10-11-19-16-9-8-15(17-7-4-12-20-17)13-5-2-3-6-14(13)16/h2-3,5-6,8-9,17H,4,7,10-12H2,1H3. The van der Waals surface area contributed by atoms with E-state index in [0.717, 1.165) is 5.75 Å². The molecule has 1 saturated heterocycles. The lowest BCUT2D eigenvalue weighted by molar-refractivity contribution is 0.147. The molecule has 1 fully saturated rings. The van der Waals surface area contributed by atoms with E-state index >= 15 is 0 Å². The number of hydrogen-bond acceptors (Lipinski definition) is 3. The zero-order chi connectivity index (χ0) is 13.8. The summed E-state index contributed by atoms with van der Waals surface area (Å²) in [5.41, 5.74) is 1.46. The third-order valence-electron chi connectivity index (χ3n) is 3.74. The monoisotopic (exact) mass is 288 g/mol. The fraction of sp³-hybridized carbons (Fsp3) is 0.412. The summed E-state index contributed by atoms with van der Waals surface area (Å²) < 4.78 is 10.9. The smallest absolute Gasteiger partial charge is 0.127 e. The van der Waals surface area contributed by atoms with Crippen LogP contribution >= 0.6 is 11.8 Å². The first-order chi connectivity index (χ1) is 9.90. The van der Waals surface area contributed by atoms with E-state index in [1.54, 1.807) is 7.11 Å². The maximum absolute atomic E-state index is 5.85. The van der Waals surface area contributed by atoms with E-state index in [1.807, 2.05) is 0 Å². The van der Waals surface area contributed by atoms with Crippen molar-refractivity contribution in [1.82, 2.24) is 0 Å². The second-order valence-electron chi connectivity index (χ2n) is 5.04. The Morgan fingerprint density at radius 2 is 1.95 bits per heavy atom. The van der Waals surface area contributed by atoms with Crippen LogP contribution in [0.15, 0.2) is 36.4 Å². The van der Waals surface area contributed by atoms with Crippen LogP contribution in [0.4, 0.5) is 0 Å². The summed E-state index contributed by atoms with van der Waals surface area (Å²) in [7, 11) is 1.70. The Bertz CT molecular complexity index is 576. The van der Waals surface area contributed by atoms with E-state index in [2.05, 4.69) is 48.2 Å². The molecule has 1 heterocycles. The van der Waals surface area contributed by atoms with Crippen LogP contribution in [0.25, 0.3) is 10.8 Å². The molecule has 0 radical (unpaired) electrons. The molecule has 1 unspecified atom stereocenters. The lowest BCUT2D eigenvalue weighted by atomic mass is 9.99. The quantitative estimate of drug-likeness (QED) is 0.758. The van der Waals surface area contributed by atoms with Crippen molar-refractivity contribution in [1.29, 1.82) is 0 Å². The molecule has 0 aliphatic carbocycles. The molecule has 1 atom stereocenters. The minimum absolute atomic E-state index is 0.595. The summed E-state index contributed by atoms with van der Waals surface area (Å²) in [5.74, 6) is 2.25. The van der Waals surface area contributed by atoms with E-state index in [4.69, 9.17) is 9.47 Å². The van der Waals surface area contributed by atoms with Gasteiger partial charge in [0, 0.05) is 17.7 Å². The van der Waals surface area contributed by atoms with Crippen LogP contribution < -0.4 is 4.74 Å². The Morgan fingerprint density at radius 3 is 2.70 bits per heavy atom. The average molecular weight is 288 g/mol. The molecule has 0 N–H and O–H groups in total. The van der Waals surface area contributed by atoms with E-state index in [-0.39, 0.29) is 0 Å². The first-order valence-corrected chi connectivity index (χ1v) is 8.20. The molecular formula is C17H20O2S. The number of thioether (sulfide) groups is 1. The second-order valence-corrected chi connectivity index (χ2v) is 6.35. The van der Waals surface area contributed by atoms with E-state index in [1.165, 1.54) is 34.9 Å². The van der Waals surface area contributed by atoms with Crippen LogP contribution in [0.1, 0.15) is 23.7 Å². The molecule has 3 rings (SSSR count). The number of ether oxygens (including phenoxy) is 2. The van der Waals surface area contributed by atoms with Crippen LogP contribution in [-0.2, 0) is 4.74 Å². The zero-order valence-electron chi connectivity index (χ0n) is 11.8. The first kappa shape index (κ1) is 13.8. The van der Waals surface area contributed by atoms with Gasteiger partial charge in [-0.2, -0.15) is 11.8 Å². The number of benzene rings is 2. The maximum atomic E-state index is 5.85. The summed E-state index contributed by atoms with van der Waals surface area (Å²) in [6.07, 6.45) is 2.62. The SMILES string of the molecule is COCCOc1ccc(C2CCCS2)c2ccccc12. The van der Waals surface area contributed by atoms with Crippen LogP contribution in [0.3, 0.4) is 0 Å². The molecule has 20 heavy (non-hydrogen) atoms. The molecule has 1 aliphatic heterocycles. The molecule has 2 nitrogen and oxygen atoms in total. The van der Waals surface area contributed by atoms with Crippen LogP contribution in [0.2, 0.25) is 0 Å². The highest BCUT2D eigenvalue weighted by Crippen LogP contribution is 2.43. The van der Waals surface area contributed by atoms with Crippen molar-refractivity contribution in [2.75, 3.05) is 26.1 Å². The Labute approximate surface area is 124 Å². The summed E-state index contributed by atoms with van der Waals surface area (Å²) in [5, 5.41) is 3.20. The predicted octanol–water partition coefficient (Wildman–Crippen LogP) is 4.43. The largest absolute Gasteiger partial charge is 0.491 e. The van der Waals surface area contributed by atoms with Gasteiger partial charge in [-0.25, -0.2) is 0 Å². The van der Waals surface area contributed by atoms with Gasteiger partial charge in [0.2, 0.25) is 0 Å². The van der Waals surface area contributed by atoms with Gasteiger partial charge in [0.25, 0.3) is 0 Å². The van der Waals surface area contributed by atoms with Crippen molar-refractivity contribution in [3.63, 3.8) is 0 Å². The normalized spacial score (nSPS) is 18.6. The number of hydrogen-bond donors (Lipinski definition) is 0. The average Bonchev–Trinajstić information content (AvgIpc) is 3.01. The Kier molecular flexibility index (Phi) is 4.48. The van der Waals surface area contributed by atoms with Crippen molar-refractivity contribution >= 4 is 22.5 Å². The molecule has 0 saturated carbocycles. The predicted molar refractivity (Wildman–Crippen MR) is 85.8 cm³/mol. The highest BCUT2D eigenvalue weighted by atomic mass is 32.2. The molecule has 2 aromatic carbocycles. The van der Waals surface area contributed by atoms with Gasteiger partial charge in [-0.05, 0) is 35.6 Å². The fourth-order valence-corrected chi connectivity index (χ4v) is 4.10. The topological polar surface area (TPSA) is 18.5 Å². The minimum Gasteiger partial charge on any atom is -0.491 e. The van der Waals surface area contributed by atoms with Gasteiger partial charge >= 0.3 is 0 Å². The van der Waals surface area contributed by atoms with Crippen molar-refractivity contribution in [3.05, 3.63) is 42.0 Å². The summed E-state index contributed by atoms with van der Waals surface area (Å²) in [6.45, 7) is 1.21. The van der Waals surface area contributed by atoms with Crippen LogP contribution in [-0.4, -0.2) is 26.1 Å². The highest BCUT2D eigenvalue weighted by molar-refractivity contribution is 7.99. The fourth-order valence-electron chi connectivity index (χ4n) is 2.76. The van der Waals surface area contributed by atoms with Gasteiger partial charge < -0.3 is 9.47 Å². The van der Waals surface area contributed by atoms with Crippen molar-refractivity contribution in [2.45, 2.75) is 18.1 Å². The van der Waals surface area contributed by atoms with Crippen molar-refractivity contribution < 1.29 is 9.47 Å². The summed E-state index contributed by atoms with van der Waals surface area (Å²) in [4.78, 5) is 0. The van der Waals surface area contributed by atoms with E-state index in [0.29, 0.717) is 18.5 Å². The van der Waals surface area contributed by atoms with Gasteiger partial charge in [-0.15, -0.1) is 0 Å². The van der Waals surface area contributed by atoms with Crippen molar-refractivity contribution in [3.8, 4) is 5.75 Å². The highest BCUT2D eigenvalue weighted by Gasteiger charge is 2.20. The van der Waals surface area contributed by atoms with E-state index in [9.17, 15) is 0 Å². The molecule has 1 aliphatic rings. The van der Waals surface area contributed by atoms with Crippen molar-refractivity contribution in [2.24, 2.45) is 0 Å². The number of methoxy groups -OCH3 is 1. The molecule has 3 heteroatoms. The third kappa shape index (κ3) is 2.79. The van der Waals surface area contributed by atoms with Gasteiger partial charge in [-0.1, -0.05) is 30.3 Å². The molecule has 0 spiro atoms. The molecule has 106 valence electrons. The molecular weight excluding hydrogens is 268 g/mol. The molecule has 0 amide bonds. The van der Waals surface area contributed by atoms with E-state index < -0.39 is 0 Å². The summed E-state index contributed by atoms with van der Waals surface area (Å²) >= 11 is 2.08. The summed E-state index contributed by atoms with van der Waals surface area (Å²) in [6, 6.07) is 12.9. The van der Waals surface area contributed by atoms with Crippen LogP contribution in [0.5, 0.6) is 5.75 Å². The minimum atomic E-state index is 0.595. The molecule has 2 aromatic rings. The lowest BCUT2D eigenvalue weighted by Crippen LogP contribution is -2.05. The maximum Gasteiger partial charge on any atom is 0.127 e. The lowest BCUT2D eigenvalue weighted by Gasteiger charge is -2.15. The molecule has 0 bridgehead atoms. The molecule has 0 aromatic heterocycles. The Balaban J connectivity index is 1.96. The van der Waals surface area contributed by atoms with Crippen LogP contribution in [0, 0.1) is 0 Å². The zero-order valence-corrected chi connectivity index (χ0v) is 12.6. The first-order valence-electron chi connectivity index (χ1n) is 7.15.